The maximum absolute atomic E-state index is 5.99. The molecule has 22 heavy (non-hydrogen) atoms. The van der Waals surface area contributed by atoms with Gasteiger partial charge in [0.25, 0.3) is 0 Å². The third-order valence-corrected chi connectivity index (χ3v) is 4.19. The zero-order valence-corrected chi connectivity index (χ0v) is 13.6. The minimum atomic E-state index is 0.744. The maximum atomic E-state index is 5.99. The SMILES string of the molecule is CCN(CC)c1cc(-c2ccc(Cl)cc2)nc2ccccc12. The second-order valence-corrected chi connectivity index (χ2v) is 5.66. The van der Waals surface area contributed by atoms with Gasteiger partial charge in [-0.05, 0) is 38.1 Å². The van der Waals surface area contributed by atoms with Crippen molar-refractivity contribution in [1.82, 2.24) is 4.98 Å². The first-order chi connectivity index (χ1) is 10.7. The average Bonchev–Trinajstić information content (AvgIpc) is 2.56. The zero-order chi connectivity index (χ0) is 15.5. The van der Waals surface area contributed by atoms with Crippen LogP contribution in [0.4, 0.5) is 5.69 Å². The number of rotatable bonds is 4. The van der Waals surface area contributed by atoms with E-state index in [-0.39, 0.29) is 0 Å². The van der Waals surface area contributed by atoms with Gasteiger partial charge in [0.1, 0.15) is 0 Å². The van der Waals surface area contributed by atoms with E-state index in [4.69, 9.17) is 16.6 Å². The predicted octanol–water partition coefficient (Wildman–Crippen LogP) is 5.40. The molecule has 0 fully saturated rings. The first-order valence-electron chi connectivity index (χ1n) is 7.63. The molecule has 0 radical (unpaired) electrons. The van der Waals surface area contributed by atoms with Gasteiger partial charge in [0.2, 0.25) is 0 Å². The van der Waals surface area contributed by atoms with Gasteiger partial charge in [-0.2, -0.15) is 0 Å². The minimum absolute atomic E-state index is 0.744. The van der Waals surface area contributed by atoms with E-state index in [2.05, 4.69) is 43.0 Å². The molecular formula is C19H19ClN2. The zero-order valence-electron chi connectivity index (χ0n) is 12.9. The Morgan fingerprint density at radius 1 is 0.955 bits per heavy atom. The first-order valence-corrected chi connectivity index (χ1v) is 8.01. The van der Waals surface area contributed by atoms with E-state index in [1.807, 2.05) is 30.3 Å². The summed E-state index contributed by atoms with van der Waals surface area (Å²) in [6.45, 7) is 6.32. The van der Waals surface area contributed by atoms with Crippen LogP contribution in [0.1, 0.15) is 13.8 Å². The standard InChI is InChI=1S/C19H19ClN2/c1-3-22(4-2)19-13-18(14-9-11-15(20)12-10-14)21-17-8-6-5-7-16(17)19/h5-13H,3-4H2,1-2H3. The molecule has 2 nitrogen and oxygen atoms in total. The molecule has 0 saturated heterocycles. The Bertz CT molecular complexity index is 777. The van der Waals surface area contributed by atoms with Crippen LogP contribution in [0.2, 0.25) is 5.02 Å². The van der Waals surface area contributed by atoms with Crippen LogP contribution in [0.5, 0.6) is 0 Å². The van der Waals surface area contributed by atoms with Crippen LogP contribution in [0.25, 0.3) is 22.2 Å². The summed E-state index contributed by atoms with van der Waals surface area (Å²) in [5.74, 6) is 0. The van der Waals surface area contributed by atoms with Crippen LogP contribution in [-0.4, -0.2) is 18.1 Å². The lowest BCUT2D eigenvalue weighted by Gasteiger charge is -2.23. The van der Waals surface area contributed by atoms with Gasteiger partial charge in [0, 0.05) is 34.7 Å². The second kappa shape index (κ2) is 6.37. The molecule has 0 amide bonds. The van der Waals surface area contributed by atoms with E-state index < -0.39 is 0 Å². The van der Waals surface area contributed by atoms with E-state index in [0.29, 0.717) is 0 Å². The molecule has 3 aromatic rings. The van der Waals surface area contributed by atoms with Crippen molar-refractivity contribution in [3.8, 4) is 11.3 Å². The molecule has 0 atom stereocenters. The second-order valence-electron chi connectivity index (χ2n) is 5.22. The Labute approximate surface area is 136 Å². The molecule has 0 aliphatic carbocycles. The summed E-state index contributed by atoms with van der Waals surface area (Å²) in [7, 11) is 0. The summed E-state index contributed by atoms with van der Waals surface area (Å²) in [4.78, 5) is 7.18. The molecule has 3 rings (SSSR count). The fourth-order valence-electron chi connectivity index (χ4n) is 2.75. The molecule has 0 spiro atoms. The molecule has 0 N–H and O–H groups in total. The van der Waals surface area contributed by atoms with Crippen LogP contribution in [0.3, 0.4) is 0 Å². The van der Waals surface area contributed by atoms with Crippen molar-refractivity contribution in [2.75, 3.05) is 18.0 Å². The quantitative estimate of drug-likeness (QED) is 0.641. The average molecular weight is 311 g/mol. The van der Waals surface area contributed by atoms with E-state index >= 15 is 0 Å². The molecule has 0 aliphatic rings. The highest BCUT2D eigenvalue weighted by molar-refractivity contribution is 6.30. The van der Waals surface area contributed by atoms with Crippen molar-refractivity contribution in [2.45, 2.75) is 13.8 Å². The van der Waals surface area contributed by atoms with Gasteiger partial charge in [-0.1, -0.05) is 41.9 Å². The number of halogens is 1. The van der Waals surface area contributed by atoms with E-state index in [9.17, 15) is 0 Å². The predicted molar refractivity (Wildman–Crippen MR) is 95.8 cm³/mol. The Hall–Kier alpha value is -2.06. The summed E-state index contributed by atoms with van der Waals surface area (Å²) >= 11 is 5.99. The van der Waals surface area contributed by atoms with Crippen molar-refractivity contribution in [3.63, 3.8) is 0 Å². The summed E-state index contributed by atoms with van der Waals surface area (Å²) in [6.07, 6.45) is 0. The molecule has 0 saturated carbocycles. The topological polar surface area (TPSA) is 16.1 Å². The van der Waals surface area contributed by atoms with E-state index in [1.54, 1.807) is 0 Å². The Balaban J connectivity index is 2.22. The van der Waals surface area contributed by atoms with Gasteiger partial charge in [-0.25, -0.2) is 4.98 Å². The Kier molecular flexibility index (Phi) is 4.30. The molecule has 1 heterocycles. The van der Waals surface area contributed by atoms with Crippen LogP contribution < -0.4 is 4.90 Å². The van der Waals surface area contributed by atoms with Gasteiger partial charge in [-0.3, -0.25) is 0 Å². The largest absolute Gasteiger partial charge is 0.371 e. The van der Waals surface area contributed by atoms with Crippen molar-refractivity contribution >= 4 is 28.2 Å². The van der Waals surface area contributed by atoms with Gasteiger partial charge in [-0.15, -0.1) is 0 Å². The summed E-state index contributed by atoms with van der Waals surface area (Å²) in [6, 6.07) is 18.3. The van der Waals surface area contributed by atoms with Gasteiger partial charge in [0.15, 0.2) is 0 Å². The molecule has 0 unspecified atom stereocenters. The lowest BCUT2D eigenvalue weighted by Crippen LogP contribution is -2.22. The highest BCUT2D eigenvalue weighted by atomic mass is 35.5. The van der Waals surface area contributed by atoms with Crippen molar-refractivity contribution in [3.05, 3.63) is 59.6 Å². The molecule has 1 aromatic heterocycles. The molecule has 112 valence electrons. The van der Waals surface area contributed by atoms with Crippen LogP contribution in [-0.2, 0) is 0 Å². The molecular weight excluding hydrogens is 292 g/mol. The Morgan fingerprint density at radius 2 is 1.64 bits per heavy atom. The van der Waals surface area contributed by atoms with Crippen molar-refractivity contribution < 1.29 is 0 Å². The highest BCUT2D eigenvalue weighted by Gasteiger charge is 2.11. The number of fused-ring (bicyclic) bond motifs is 1. The number of anilines is 1. The third kappa shape index (κ3) is 2.79. The number of nitrogens with zero attached hydrogens (tertiary/aromatic N) is 2. The minimum Gasteiger partial charge on any atom is -0.371 e. The van der Waals surface area contributed by atoms with Crippen LogP contribution >= 0.6 is 11.6 Å². The number of aromatic nitrogens is 1. The van der Waals surface area contributed by atoms with Crippen LogP contribution in [0.15, 0.2) is 54.6 Å². The van der Waals surface area contributed by atoms with Gasteiger partial charge >= 0.3 is 0 Å². The highest BCUT2D eigenvalue weighted by Crippen LogP contribution is 2.31. The number of benzene rings is 2. The van der Waals surface area contributed by atoms with Gasteiger partial charge in [0.05, 0.1) is 11.2 Å². The van der Waals surface area contributed by atoms with Gasteiger partial charge < -0.3 is 4.90 Å². The smallest absolute Gasteiger partial charge is 0.0730 e. The first kappa shape index (κ1) is 14.9. The van der Waals surface area contributed by atoms with Crippen LogP contribution in [0, 0.1) is 0 Å². The lowest BCUT2D eigenvalue weighted by molar-refractivity contribution is 0.870. The van der Waals surface area contributed by atoms with E-state index in [1.165, 1.54) is 11.1 Å². The fourth-order valence-corrected chi connectivity index (χ4v) is 2.88. The third-order valence-electron chi connectivity index (χ3n) is 3.94. The molecule has 0 aliphatic heterocycles. The van der Waals surface area contributed by atoms with Crippen molar-refractivity contribution in [2.24, 2.45) is 0 Å². The summed E-state index contributed by atoms with van der Waals surface area (Å²) in [5.41, 5.74) is 4.33. The molecule has 2 aromatic carbocycles. The maximum Gasteiger partial charge on any atom is 0.0730 e. The molecule has 3 heteroatoms. The lowest BCUT2D eigenvalue weighted by atomic mass is 10.1. The number of pyridine rings is 1. The fraction of sp³-hybridized carbons (Fsp3) is 0.211. The Morgan fingerprint density at radius 3 is 2.32 bits per heavy atom. The molecule has 0 bridgehead atoms. The van der Waals surface area contributed by atoms with Crippen molar-refractivity contribution in [1.29, 1.82) is 0 Å². The van der Waals surface area contributed by atoms with E-state index in [0.717, 1.165) is 34.9 Å². The normalized spacial score (nSPS) is 10.9. The number of hydrogen-bond acceptors (Lipinski definition) is 2. The summed E-state index contributed by atoms with van der Waals surface area (Å²) < 4.78 is 0. The number of para-hydroxylation sites is 1. The number of hydrogen-bond donors (Lipinski definition) is 0. The summed E-state index contributed by atoms with van der Waals surface area (Å²) in [5, 5.41) is 1.94. The monoisotopic (exact) mass is 310 g/mol.